The second kappa shape index (κ2) is 6.18. The summed E-state index contributed by atoms with van der Waals surface area (Å²) in [6, 6.07) is 7.83. The fourth-order valence-electron chi connectivity index (χ4n) is 3.26. The van der Waals surface area contributed by atoms with E-state index in [0.29, 0.717) is 5.39 Å². The van der Waals surface area contributed by atoms with Crippen LogP contribution in [-0.4, -0.2) is 9.55 Å². The first-order valence-corrected chi connectivity index (χ1v) is 8.31. The number of nitrogens with zero attached hydrogens (tertiary/aromatic N) is 2. The van der Waals surface area contributed by atoms with Crippen molar-refractivity contribution in [2.75, 3.05) is 0 Å². The van der Waals surface area contributed by atoms with Gasteiger partial charge in [0.25, 0.3) is 5.56 Å². The Balaban J connectivity index is 2.22. The number of para-hydroxylation sites is 1. The zero-order chi connectivity index (χ0) is 14.8. The predicted molar refractivity (Wildman–Crippen MR) is 87.0 cm³/mol. The Morgan fingerprint density at radius 3 is 2.71 bits per heavy atom. The summed E-state index contributed by atoms with van der Waals surface area (Å²) in [6.07, 6.45) is 6.52. The SMILES string of the molecule is CCC(Cl)c1nc2ccccc2c(=O)n1C1CCCCC1. The van der Waals surface area contributed by atoms with Gasteiger partial charge >= 0.3 is 0 Å². The molecule has 1 heterocycles. The Bertz CT molecular complexity index is 689. The molecule has 1 fully saturated rings. The number of hydrogen-bond acceptors (Lipinski definition) is 2. The third-order valence-electron chi connectivity index (χ3n) is 4.41. The number of rotatable bonds is 3. The minimum atomic E-state index is -0.204. The first-order chi connectivity index (χ1) is 10.2. The highest BCUT2D eigenvalue weighted by Gasteiger charge is 2.24. The number of aromatic nitrogens is 2. The van der Waals surface area contributed by atoms with E-state index in [-0.39, 0.29) is 17.0 Å². The standard InChI is InChI=1S/C17H21ClN2O/c1-2-14(18)16-19-15-11-7-6-10-13(15)17(21)20(16)12-8-4-3-5-9-12/h6-7,10-12,14H,2-5,8-9H2,1H3. The van der Waals surface area contributed by atoms with Crippen LogP contribution in [0.5, 0.6) is 0 Å². The van der Waals surface area contributed by atoms with Crippen molar-refractivity contribution >= 4 is 22.5 Å². The Morgan fingerprint density at radius 2 is 2.00 bits per heavy atom. The summed E-state index contributed by atoms with van der Waals surface area (Å²) >= 11 is 6.47. The summed E-state index contributed by atoms with van der Waals surface area (Å²) in [5.41, 5.74) is 0.824. The minimum Gasteiger partial charge on any atom is -0.292 e. The summed E-state index contributed by atoms with van der Waals surface area (Å²) in [5, 5.41) is 0.496. The van der Waals surface area contributed by atoms with Crippen molar-refractivity contribution in [3.8, 4) is 0 Å². The van der Waals surface area contributed by atoms with Gasteiger partial charge in [0.2, 0.25) is 0 Å². The molecule has 1 saturated carbocycles. The summed E-state index contributed by atoms with van der Waals surface area (Å²) in [5.74, 6) is 0.745. The third-order valence-corrected chi connectivity index (χ3v) is 4.92. The molecule has 3 rings (SSSR count). The van der Waals surface area contributed by atoms with Crippen molar-refractivity contribution in [3.05, 3.63) is 40.4 Å². The van der Waals surface area contributed by atoms with Gasteiger partial charge in [-0.2, -0.15) is 0 Å². The molecule has 1 unspecified atom stereocenters. The van der Waals surface area contributed by atoms with Crippen LogP contribution in [0.4, 0.5) is 0 Å². The van der Waals surface area contributed by atoms with Crippen LogP contribution in [-0.2, 0) is 0 Å². The van der Waals surface area contributed by atoms with E-state index >= 15 is 0 Å². The van der Waals surface area contributed by atoms with E-state index in [2.05, 4.69) is 0 Å². The maximum atomic E-state index is 12.9. The molecule has 1 aliphatic carbocycles. The van der Waals surface area contributed by atoms with Gasteiger partial charge in [-0.25, -0.2) is 4.98 Å². The number of hydrogen-bond donors (Lipinski definition) is 0. The normalized spacial score (nSPS) is 18.0. The van der Waals surface area contributed by atoms with Crippen LogP contribution in [0.25, 0.3) is 10.9 Å². The van der Waals surface area contributed by atoms with E-state index in [4.69, 9.17) is 16.6 Å². The Hall–Kier alpha value is -1.35. The number of fused-ring (bicyclic) bond motifs is 1. The lowest BCUT2D eigenvalue weighted by molar-refractivity contribution is 0.335. The van der Waals surface area contributed by atoms with Crippen LogP contribution < -0.4 is 5.56 Å². The molecule has 1 aromatic heterocycles. The largest absolute Gasteiger partial charge is 0.292 e. The molecule has 0 saturated heterocycles. The molecular weight excluding hydrogens is 284 g/mol. The fourth-order valence-corrected chi connectivity index (χ4v) is 3.41. The van der Waals surface area contributed by atoms with Crippen LogP contribution in [0.1, 0.15) is 62.7 Å². The molecular formula is C17H21ClN2O. The van der Waals surface area contributed by atoms with Gasteiger partial charge in [0.15, 0.2) is 0 Å². The van der Waals surface area contributed by atoms with Crippen LogP contribution in [0.3, 0.4) is 0 Å². The molecule has 4 heteroatoms. The highest BCUT2D eigenvalue weighted by molar-refractivity contribution is 6.20. The van der Waals surface area contributed by atoms with Gasteiger partial charge in [0, 0.05) is 6.04 Å². The zero-order valence-electron chi connectivity index (χ0n) is 12.4. The number of benzene rings is 1. The van der Waals surface area contributed by atoms with E-state index in [1.165, 1.54) is 19.3 Å². The molecule has 0 aliphatic heterocycles. The number of halogens is 1. The van der Waals surface area contributed by atoms with Gasteiger partial charge in [-0.05, 0) is 31.4 Å². The Labute approximate surface area is 130 Å². The lowest BCUT2D eigenvalue weighted by atomic mass is 9.95. The molecule has 0 radical (unpaired) electrons. The minimum absolute atomic E-state index is 0.0709. The van der Waals surface area contributed by atoms with E-state index in [1.54, 1.807) is 0 Å². The monoisotopic (exact) mass is 304 g/mol. The van der Waals surface area contributed by atoms with E-state index in [9.17, 15) is 4.79 Å². The molecule has 21 heavy (non-hydrogen) atoms. The van der Waals surface area contributed by atoms with Crippen molar-refractivity contribution < 1.29 is 0 Å². The van der Waals surface area contributed by atoms with Crippen molar-refractivity contribution in [3.63, 3.8) is 0 Å². The Morgan fingerprint density at radius 1 is 1.29 bits per heavy atom. The first kappa shape index (κ1) is 14.6. The second-order valence-electron chi connectivity index (χ2n) is 5.83. The average Bonchev–Trinajstić information content (AvgIpc) is 2.55. The summed E-state index contributed by atoms with van der Waals surface area (Å²) in [4.78, 5) is 17.6. The van der Waals surface area contributed by atoms with Crippen LogP contribution in [0, 0.1) is 0 Å². The molecule has 112 valence electrons. The van der Waals surface area contributed by atoms with Crippen molar-refractivity contribution in [2.45, 2.75) is 56.9 Å². The molecule has 2 aromatic rings. The predicted octanol–water partition coefficient (Wildman–Crippen LogP) is 4.59. The average molecular weight is 305 g/mol. The molecule has 0 N–H and O–H groups in total. The highest BCUT2D eigenvalue weighted by atomic mass is 35.5. The van der Waals surface area contributed by atoms with Gasteiger partial charge in [-0.3, -0.25) is 9.36 Å². The van der Waals surface area contributed by atoms with Gasteiger partial charge in [-0.1, -0.05) is 38.3 Å². The second-order valence-corrected chi connectivity index (χ2v) is 6.36. The van der Waals surface area contributed by atoms with Gasteiger partial charge in [0.1, 0.15) is 5.82 Å². The van der Waals surface area contributed by atoms with E-state index in [0.717, 1.165) is 30.6 Å². The third kappa shape index (κ3) is 2.71. The van der Waals surface area contributed by atoms with Crippen LogP contribution in [0.2, 0.25) is 0 Å². The first-order valence-electron chi connectivity index (χ1n) is 7.87. The maximum absolute atomic E-state index is 12.9. The van der Waals surface area contributed by atoms with Crippen molar-refractivity contribution in [1.29, 1.82) is 0 Å². The smallest absolute Gasteiger partial charge is 0.261 e. The summed E-state index contributed by atoms with van der Waals surface area (Å²) in [7, 11) is 0. The molecule has 0 bridgehead atoms. The quantitative estimate of drug-likeness (QED) is 0.777. The van der Waals surface area contributed by atoms with E-state index < -0.39 is 0 Å². The fraction of sp³-hybridized carbons (Fsp3) is 0.529. The highest BCUT2D eigenvalue weighted by Crippen LogP contribution is 2.32. The maximum Gasteiger partial charge on any atom is 0.261 e. The summed E-state index contributed by atoms with van der Waals surface area (Å²) < 4.78 is 1.89. The van der Waals surface area contributed by atoms with E-state index in [1.807, 2.05) is 35.8 Å². The van der Waals surface area contributed by atoms with Crippen molar-refractivity contribution in [1.82, 2.24) is 9.55 Å². The molecule has 0 spiro atoms. The molecule has 1 aliphatic rings. The van der Waals surface area contributed by atoms with Crippen LogP contribution >= 0.6 is 11.6 Å². The molecule has 3 nitrogen and oxygen atoms in total. The van der Waals surface area contributed by atoms with Gasteiger partial charge in [-0.15, -0.1) is 11.6 Å². The number of alkyl halides is 1. The zero-order valence-corrected chi connectivity index (χ0v) is 13.1. The van der Waals surface area contributed by atoms with Gasteiger partial charge in [0.05, 0.1) is 16.3 Å². The summed E-state index contributed by atoms with van der Waals surface area (Å²) in [6.45, 7) is 2.03. The Kier molecular flexibility index (Phi) is 4.29. The van der Waals surface area contributed by atoms with Crippen LogP contribution in [0.15, 0.2) is 29.1 Å². The van der Waals surface area contributed by atoms with Crippen molar-refractivity contribution in [2.24, 2.45) is 0 Å². The molecule has 1 atom stereocenters. The topological polar surface area (TPSA) is 34.9 Å². The molecule has 0 amide bonds. The molecule has 1 aromatic carbocycles. The van der Waals surface area contributed by atoms with Gasteiger partial charge < -0.3 is 0 Å². The lowest BCUT2D eigenvalue weighted by Gasteiger charge is -2.27. The lowest BCUT2D eigenvalue weighted by Crippen LogP contribution is -2.31.